The minimum Gasteiger partial charge on any atom is -0.463 e. The van der Waals surface area contributed by atoms with Crippen LogP contribution in [-0.2, 0) is 34.0 Å². The van der Waals surface area contributed by atoms with Crippen molar-refractivity contribution in [1.29, 1.82) is 0 Å². The maximum absolute atomic E-state index is 13.2. The third-order valence-electron chi connectivity index (χ3n) is 5.80. The van der Waals surface area contributed by atoms with Gasteiger partial charge in [-0.05, 0) is 18.4 Å². The van der Waals surface area contributed by atoms with E-state index in [2.05, 4.69) is 4.74 Å². The molecule has 6 heteroatoms. The maximum atomic E-state index is 13.2. The Morgan fingerprint density at radius 2 is 1.76 bits per heavy atom. The lowest BCUT2D eigenvalue weighted by molar-refractivity contribution is -0.171. The zero-order chi connectivity index (χ0) is 17.6. The Kier molecular flexibility index (Phi) is 3.96. The van der Waals surface area contributed by atoms with E-state index in [1.54, 1.807) is 0 Å². The van der Waals surface area contributed by atoms with Crippen molar-refractivity contribution in [2.45, 2.75) is 30.5 Å². The summed E-state index contributed by atoms with van der Waals surface area (Å²) in [5, 5.41) is 0. The summed E-state index contributed by atoms with van der Waals surface area (Å²) in [6.45, 7) is 0.856. The van der Waals surface area contributed by atoms with Crippen molar-refractivity contribution in [1.82, 2.24) is 0 Å². The van der Waals surface area contributed by atoms with Crippen molar-refractivity contribution in [2.24, 2.45) is 11.8 Å². The fourth-order valence-corrected chi connectivity index (χ4v) is 4.70. The molecule has 1 aromatic rings. The van der Waals surface area contributed by atoms with Crippen molar-refractivity contribution < 1.29 is 28.6 Å². The first-order valence-electron chi connectivity index (χ1n) is 8.57. The van der Waals surface area contributed by atoms with Gasteiger partial charge in [-0.2, -0.15) is 0 Å². The molecule has 3 aliphatic rings. The number of ketones is 2. The lowest BCUT2D eigenvalue weighted by atomic mass is 9.51. The van der Waals surface area contributed by atoms with E-state index in [4.69, 9.17) is 9.47 Å². The quantitative estimate of drug-likeness (QED) is 0.600. The smallest absolute Gasteiger partial charge is 0.374 e. The summed E-state index contributed by atoms with van der Waals surface area (Å²) in [5.41, 5.74) is -0.231. The average Bonchev–Trinajstić information content (AvgIpc) is 3.30. The van der Waals surface area contributed by atoms with Crippen LogP contribution in [0.25, 0.3) is 0 Å². The molecular weight excluding hydrogens is 324 g/mol. The molecule has 132 valence electrons. The highest BCUT2D eigenvalue weighted by atomic mass is 16.5. The largest absolute Gasteiger partial charge is 0.463 e. The highest BCUT2D eigenvalue weighted by molar-refractivity contribution is 6.34. The van der Waals surface area contributed by atoms with Crippen LogP contribution < -0.4 is 0 Å². The monoisotopic (exact) mass is 344 g/mol. The molecule has 25 heavy (non-hydrogen) atoms. The zero-order valence-corrected chi connectivity index (χ0v) is 14.0. The molecule has 0 bridgehead atoms. The van der Waals surface area contributed by atoms with Gasteiger partial charge in [0.1, 0.15) is 5.41 Å². The molecular formula is C19H20O6. The highest BCUT2D eigenvalue weighted by Crippen LogP contribution is 2.56. The number of fused-ring (bicyclic) bond motifs is 1. The van der Waals surface area contributed by atoms with Crippen LogP contribution in [0.15, 0.2) is 30.3 Å². The van der Waals surface area contributed by atoms with Gasteiger partial charge in [-0.25, -0.2) is 4.79 Å². The Morgan fingerprint density at radius 1 is 1.08 bits per heavy atom. The van der Waals surface area contributed by atoms with Crippen LogP contribution in [0.4, 0.5) is 0 Å². The first-order valence-corrected chi connectivity index (χ1v) is 8.57. The minimum atomic E-state index is -1.02. The molecule has 1 aliphatic carbocycles. The second-order valence-electron chi connectivity index (χ2n) is 6.83. The number of carbonyl (C=O) groups is 3. The topological polar surface area (TPSA) is 78.9 Å². The summed E-state index contributed by atoms with van der Waals surface area (Å²) in [5.74, 6) is -2.32. The third-order valence-corrected chi connectivity index (χ3v) is 5.80. The van der Waals surface area contributed by atoms with Gasteiger partial charge in [0, 0.05) is 19.1 Å². The van der Waals surface area contributed by atoms with Crippen LogP contribution in [0.1, 0.15) is 18.4 Å². The summed E-state index contributed by atoms with van der Waals surface area (Å²) >= 11 is 0. The van der Waals surface area contributed by atoms with E-state index in [1.165, 1.54) is 7.11 Å². The second kappa shape index (κ2) is 6.04. The van der Waals surface area contributed by atoms with E-state index in [9.17, 15) is 14.4 Å². The molecule has 0 spiro atoms. The molecule has 1 saturated carbocycles. The molecule has 4 rings (SSSR count). The molecule has 0 radical (unpaired) electrons. The average molecular weight is 344 g/mol. The molecule has 3 fully saturated rings. The number of hydrogen-bond donors (Lipinski definition) is 0. The molecule has 5 atom stereocenters. The van der Waals surface area contributed by atoms with E-state index < -0.39 is 29.2 Å². The number of Topliss-reactive ketones (excluding diaryl/α,β-unsaturated/α-hetero) is 2. The summed E-state index contributed by atoms with van der Waals surface area (Å²) in [6, 6.07) is 9.34. The minimum absolute atomic E-state index is 0.0516. The van der Waals surface area contributed by atoms with Crippen LogP contribution in [0.2, 0.25) is 0 Å². The Morgan fingerprint density at radius 3 is 2.48 bits per heavy atom. The number of benzene rings is 1. The molecule has 0 N–H and O–H groups in total. The van der Waals surface area contributed by atoms with E-state index in [-0.39, 0.29) is 17.8 Å². The SMILES string of the molecule is COC(=O)C(=O)C1CCOC1C1(c2ccccc2)C(=O)C2CCOC21. The van der Waals surface area contributed by atoms with Gasteiger partial charge >= 0.3 is 5.97 Å². The fraction of sp³-hybridized carbons (Fsp3) is 0.526. The van der Waals surface area contributed by atoms with Crippen LogP contribution in [0.3, 0.4) is 0 Å². The van der Waals surface area contributed by atoms with Gasteiger partial charge in [0.05, 0.1) is 25.2 Å². The highest BCUT2D eigenvalue weighted by Gasteiger charge is 2.71. The number of ether oxygens (including phenoxy) is 3. The summed E-state index contributed by atoms with van der Waals surface area (Å²) < 4.78 is 16.4. The Bertz CT molecular complexity index is 714. The predicted octanol–water partition coefficient (Wildman–Crippen LogP) is 1.06. The Labute approximate surface area is 145 Å². The van der Waals surface area contributed by atoms with Gasteiger partial charge in [-0.3, -0.25) is 9.59 Å². The van der Waals surface area contributed by atoms with Gasteiger partial charge in [-0.15, -0.1) is 0 Å². The maximum Gasteiger partial charge on any atom is 0.374 e. The Hall–Kier alpha value is -2.05. The van der Waals surface area contributed by atoms with E-state index >= 15 is 0 Å². The van der Waals surface area contributed by atoms with Crippen molar-refractivity contribution in [3.63, 3.8) is 0 Å². The van der Waals surface area contributed by atoms with Gasteiger partial charge in [0.25, 0.3) is 0 Å². The molecule has 0 amide bonds. The first-order chi connectivity index (χ1) is 12.1. The van der Waals surface area contributed by atoms with Crippen LogP contribution in [0, 0.1) is 11.8 Å². The van der Waals surface area contributed by atoms with Crippen LogP contribution in [-0.4, -0.2) is 50.1 Å². The Balaban J connectivity index is 1.78. The lowest BCUT2D eigenvalue weighted by Crippen LogP contribution is -2.70. The lowest BCUT2D eigenvalue weighted by Gasteiger charge is -2.53. The molecule has 0 aromatic heterocycles. The number of carbonyl (C=O) groups excluding carboxylic acids is 3. The summed E-state index contributed by atoms with van der Waals surface area (Å²) in [7, 11) is 1.18. The van der Waals surface area contributed by atoms with Crippen LogP contribution >= 0.6 is 0 Å². The third kappa shape index (κ3) is 2.14. The summed E-state index contributed by atoms with van der Waals surface area (Å²) in [4.78, 5) is 37.4. The predicted molar refractivity (Wildman–Crippen MR) is 85.8 cm³/mol. The van der Waals surface area contributed by atoms with Crippen LogP contribution in [0.5, 0.6) is 0 Å². The molecule has 6 nitrogen and oxygen atoms in total. The van der Waals surface area contributed by atoms with Gasteiger partial charge in [0.2, 0.25) is 5.78 Å². The number of esters is 1. The number of hydrogen-bond acceptors (Lipinski definition) is 6. The van der Waals surface area contributed by atoms with Crippen molar-refractivity contribution >= 4 is 17.5 Å². The molecule has 2 aliphatic heterocycles. The zero-order valence-electron chi connectivity index (χ0n) is 14.0. The van der Waals surface area contributed by atoms with Gasteiger partial charge in [0.15, 0.2) is 5.78 Å². The van der Waals surface area contributed by atoms with Gasteiger partial charge < -0.3 is 14.2 Å². The van der Waals surface area contributed by atoms with Crippen molar-refractivity contribution in [3.8, 4) is 0 Å². The fourth-order valence-electron chi connectivity index (χ4n) is 4.70. The second-order valence-corrected chi connectivity index (χ2v) is 6.83. The summed E-state index contributed by atoms with van der Waals surface area (Å²) in [6.07, 6.45) is 0.0879. The van der Waals surface area contributed by atoms with E-state index in [0.717, 1.165) is 5.56 Å². The molecule has 1 aromatic carbocycles. The molecule has 5 unspecified atom stereocenters. The van der Waals surface area contributed by atoms with Crippen molar-refractivity contribution in [2.75, 3.05) is 20.3 Å². The van der Waals surface area contributed by atoms with Crippen molar-refractivity contribution in [3.05, 3.63) is 35.9 Å². The first kappa shape index (κ1) is 16.4. The normalized spacial score (nSPS) is 36.6. The number of rotatable bonds is 4. The van der Waals surface area contributed by atoms with Gasteiger partial charge in [-0.1, -0.05) is 30.3 Å². The number of methoxy groups -OCH3 is 1. The molecule has 2 heterocycles. The standard InChI is InChI=1S/C19H20O6/c1-23-18(22)14(20)12-7-9-24-16(12)19(11-5-3-2-4-6-11)15(21)13-8-10-25-17(13)19/h2-6,12-13,16-17H,7-10H2,1H3. The van der Waals surface area contributed by atoms with E-state index in [1.807, 2.05) is 30.3 Å². The van der Waals surface area contributed by atoms with E-state index in [0.29, 0.717) is 26.1 Å². The molecule has 2 saturated heterocycles.